The Balaban J connectivity index is 1.77. The second-order valence-corrected chi connectivity index (χ2v) is 5.63. The van der Waals surface area contributed by atoms with Gasteiger partial charge in [0.05, 0.1) is 17.2 Å². The summed E-state index contributed by atoms with van der Waals surface area (Å²) in [5, 5.41) is 23.8. The molecule has 128 valence electrons. The lowest BCUT2D eigenvalue weighted by Gasteiger charge is -2.08. The summed E-state index contributed by atoms with van der Waals surface area (Å²) in [6.07, 6.45) is 1.01. The van der Waals surface area contributed by atoms with Gasteiger partial charge in [-0.1, -0.05) is 12.1 Å². The van der Waals surface area contributed by atoms with E-state index in [-0.39, 0.29) is 11.4 Å². The predicted molar refractivity (Wildman–Crippen MR) is 90.4 cm³/mol. The predicted octanol–water partition coefficient (Wildman–Crippen LogP) is 2.43. The van der Waals surface area contributed by atoms with Gasteiger partial charge in [-0.2, -0.15) is 10.2 Å². The first-order chi connectivity index (χ1) is 11.9. The topological polar surface area (TPSA) is 119 Å². The number of amides is 1. The molecule has 9 nitrogen and oxygen atoms in total. The number of aromatic amines is 1. The molecule has 0 saturated carbocycles. The third kappa shape index (κ3) is 3.55. The Bertz CT molecular complexity index is 943. The van der Waals surface area contributed by atoms with Crippen LogP contribution in [0, 0.1) is 24.0 Å². The Morgan fingerprint density at radius 2 is 2.16 bits per heavy atom. The zero-order chi connectivity index (χ0) is 18.0. The van der Waals surface area contributed by atoms with Crippen LogP contribution in [0.4, 0.5) is 11.4 Å². The molecule has 2 aromatic heterocycles. The number of anilines is 1. The zero-order valence-corrected chi connectivity index (χ0v) is 13.7. The lowest BCUT2D eigenvalue weighted by atomic mass is 10.2. The molecule has 2 heterocycles. The number of nitro groups is 1. The molecule has 0 radical (unpaired) electrons. The lowest BCUT2D eigenvalue weighted by Crippen LogP contribution is -2.14. The van der Waals surface area contributed by atoms with E-state index in [1.807, 2.05) is 30.7 Å². The number of aromatic nitrogens is 4. The molecule has 9 heteroatoms. The summed E-state index contributed by atoms with van der Waals surface area (Å²) in [5.41, 5.74) is 2.91. The molecule has 25 heavy (non-hydrogen) atoms. The SMILES string of the molecule is Cc1cc(C)n(Cc2cccc(NC(=O)c3[nH]ncc3[N+](=O)[O-])c2)n1. The molecule has 0 fully saturated rings. The largest absolute Gasteiger partial charge is 0.320 e. The number of H-pyrrole nitrogens is 1. The van der Waals surface area contributed by atoms with E-state index in [4.69, 9.17) is 0 Å². The molecule has 0 atom stereocenters. The summed E-state index contributed by atoms with van der Waals surface area (Å²) < 4.78 is 1.87. The van der Waals surface area contributed by atoms with E-state index < -0.39 is 10.8 Å². The average Bonchev–Trinajstić information content (AvgIpc) is 3.15. The van der Waals surface area contributed by atoms with Crippen LogP contribution in [0.25, 0.3) is 0 Å². The smallest absolute Gasteiger partial charge is 0.319 e. The van der Waals surface area contributed by atoms with E-state index in [2.05, 4.69) is 20.6 Å². The highest BCUT2D eigenvalue weighted by molar-refractivity contribution is 6.05. The molecule has 0 bridgehead atoms. The molecular weight excluding hydrogens is 324 g/mol. The minimum Gasteiger partial charge on any atom is -0.320 e. The number of aryl methyl sites for hydroxylation is 2. The minimum absolute atomic E-state index is 0.186. The summed E-state index contributed by atoms with van der Waals surface area (Å²) in [7, 11) is 0. The van der Waals surface area contributed by atoms with Crippen molar-refractivity contribution in [1.29, 1.82) is 0 Å². The molecule has 0 aliphatic rings. The van der Waals surface area contributed by atoms with Crippen LogP contribution < -0.4 is 5.32 Å². The van der Waals surface area contributed by atoms with E-state index in [0.717, 1.165) is 23.1 Å². The first-order valence-corrected chi connectivity index (χ1v) is 7.53. The molecule has 0 aliphatic heterocycles. The molecule has 0 saturated heterocycles. The van der Waals surface area contributed by atoms with Gasteiger partial charge in [0.15, 0.2) is 0 Å². The van der Waals surface area contributed by atoms with Crippen molar-refractivity contribution in [1.82, 2.24) is 20.0 Å². The number of carbonyl (C=O) groups is 1. The number of nitrogens with zero attached hydrogens (tertiary/aromatic N) is 4. The standard InChI is InChI=1S/C16H16N6O3/c1-10-6-11(2)21(20-10)9-12-4-3-5-13(7-12)18-16(23)15-14(22(24)25)8-17-19-15/h3-8H,9H2,1-2H3,(H,17,19)(H,18,23). The van der Waals surface area contributed by atoms with E-state index >= 15 is 0 Å². The third-order valence-corrected chi connectivity index (χ3v) is 3.66. The Kier molecular flexibility index (Phi) is 4.29. The number of hydrogen-bond acceptors (Lipinski definition) is 5. The first-order valence-electron chi connectivity index (χ1n) is 7.53. The maximum Gasteiger partial charge on any atom is 0.319 e. The summed E-state index contributed by atoms with van der Waals surface area (Å²) in [4.78, 5) is 22.5. The normalized spacial score (nSPS) is 10.6. The summed E-state index contributed by atoms with van der Waals surface area (Å²) in [6, 6.07) is 9.23. The molecule has 3 rings (SSSR count). The minimum atomic E-state index is -0.655. The molecule has 2 N–H and O–H groups in total. The van der Waals surface area contributed by atoms with E-state index in [9.17, 15) is 14.9 Å². The van der Waals surface area contributed by atoms with Gasteiger partial charge in [0.25, 0.3) is 5.91 Å². The van der Waals surface area contributed by atoms with Gasteiger partial charge in [-0.3, -0.25) is 24.7 Å². The quantitative estimate of drug-likeness (QED) is 0.546. The third-order valence-electron chi connectivity index (χ3n) is 3.66. The highest BCUT2D eigenvalue weighted by atomic mass is 16.6. The Hall–Kier alpha value is -3.49. The lowest BCUT2D eigenvalue weighted by molar-refractivity contribution is -0.385. The molecular formula is C16H16N6O3. The Labute approximate surface area is 142 Å². The van der Waals surface area contributed by atoms with Crippen molar-refractivity contribution in [2.24, 2.45) is 0 Å². The monoisotopic (exact) mass is 340 g/mol. The molecule has 0 aliphatic carbocycles. The van der Waals surface area contributed by atoms with Crippen molar-refractivity contribution in [2.45, 2.75) is 20.4 Å². The van der Waals surface area contributed by atoms with Crippen molar-refractivity contribution in [3.63, 3.8) is 0 Å². The number of nitrogens with one attached hydrogen (secondary N) is 2. The van der Waals surface area contributed by atoms with Crippen LogP contribution in [0.15, 0.2) is 36.5 Å². The average molecular weight is 340 g/mol. The molecule has 1 aromatic carbocycles. The summed E-state index contributed by atoms with van der Waals surface area (Å²) in [6.45, 7) is 4.47. The second kappa shape index (κ2) is 6.56. The Morgan fingerprint density at radius 1 is 1.36 bits per heavy atom. The second-order valence-electron chi connectivity index (χ2n) is 5.63. The van der Waals surface area contributed by atoms with Gasteiger partial charge >= 0.3 is 5.69 Å². The van der Waals surface area contributed by atoms with Gasteiger partial charge in [-0.25, -0.2) is 0 Å². The highest BCUT2D eigenvalue weighted by Crippen LogP contribution is 2.18. The van der Waals surface area contributed by atoms with Crippen molar-refractivity contribution >= 4 is 17.3 Å². The molecule has 0 unspecified atom stereocenters. The fraction of sp³-hybridized carbons (Fsp3) is 0.188. The van der Waals surface area contributed by atoms with Gasteiger partial charge in [0.1, 0.15) is 6.20 Å². The van der Waals surface area contributed by atoms with Crippen LogP contribution in [-0.2, 0) is 6.54 Å². The maximum absolute atomic E-state index is 12.2. The van der Waals surface area contributed by atoms with Crippen LogP contribution in [0.3, 0.4) is 0 Å². The van der Waals surface area contributed by atoms with Crippen LogP contribution in [0.1, 0.15) is 27.4 Å². The van der Waals surface area contributed by atoms with Gasteiger partial charge < -0.3 is 5.32 Å². The van der Waals surface area contributed by atoms with Crippen molar-refractivity contribution in [3.05, 3.63) is 69.3 Å². The van der Waals surface area contributed by atoms with Crippen molar-refractivity contribution in [3.8, 4) is 0 Å². The number of rotatable bonds is 5. The first kappa shape index (κ1) is 16.4. The maximum atomic E-state index is 12.2. The fourth-order valence-electron chi connectivity index (χ4n) is 2.53. The molecule has 3 aromatic rings. The van der Waals surface area contributed by atoms with Crippen LogP contribution in [-0.4, -0.2) is 30.8 Å². The van der Waals surface area contributed by atoms with Crippen LogP contribution in [0.5, 0.6) is 0 Å². The van der Waals surface area contributed by atoms with Crippen molar-refractivity contribution < 1.29 is 9.72 Å². The van der Waals surface area contributed by atoms with E-state index in [0.29, 0.717) is 12.2 Å². The Morgan fingerprint density at radius 3 is 2.84 bits per heavy atom. The van der Waals surface area contributed by atoms with Gasteiger partial charge in [0.2, 0.25) is 5.69 Å². The summed E-state index contributed by atoms with van der Waals surface area (Å²) >= 11 is 0. The van der Waals surface area contributed by atoms with E-state index in [1.165, 1.54) is 0 Å². The fourth-order valence-corrected chi connectivity index (χ4v) is 2.53. The highest BCUT2D eigenvalue weighted by Gasteiger charge is 2.22. The number of hydrogen-bond donors (Lipinski definition) is 2. The number of benzene rings is 1. The van der Waals surface area contributed by atoms with Crippen LogP contribution in [0.2, 0.25) is 0 Å². The number of carbonyl (C=O) groups excluding carboxylic acids is 1. The zero-order valence-electron chi connectivity index (χ0n) is 13.7. The molecule has 0 spiro atoms. The van der Waals surface area contributed by atoms with Crippen molar-refractivity contribution in [2.75, 3.05) is 5.32 Å². The molecule has 1 amide bonds. The van der Waals surface area contributed by atoms with Gasteiger partial charge in [-0.05, 0) is 37.6 Å². The van der Waals surface area contributed by atoms with Crippen LogP contribution >= 0.6 is 0 Å². The van der Waals surface area contributed by atoms with E-state index in [1.54, 1.807) is 18.2 Å². The van der Waals surface area contributed by atoms with Gasteiger partial charge in [0, 0.05) is 11.4 Å². The van der Waals surface area contributed by atoms with Gasteiger partial charge in [-0.15, -0.1) is 0 Å². The summed E-state index contributed by atoms with van der Waals surface area (Å²) in [5.74, 6) is -0.618.